The number of hydrogen-bond donors (Lipinski definition) is 4. The molecule has 8 rings (SSSR count). The number of halogens is 2. The van der Waals surface area contributed by atoms with E-state index in [4.69, 9.17) is 23.2 Å². The number of nitrogens with one attached hydrogen (secondary N) is 4. The van der Waals surface area contributed by atoms with Gasteiger partial charge in [-0.25, -0.2) is 0 Å². The second-order valence-corrected chi connectivity index (χ2v) is 14.0. The predicted octanol–water partition coefficient (Wildman–Crippen LogP) is 9.39. The highest BCUT2D eigenvalue weighted by Gasteiger charge is 2.26. The normalized spacial score (nSPS) is 13.5. The highest BCUT2D eigenvalue weighted by atomic mass is 35.5. The van der Waals surface area contributed by atoms with Gasteiger partial charge in [0.2, 0.25) is 11.8 Å². The Hall–Kier alpha value is -5.51. The number of amides is 2. The zero-order chi connectivity index (χ0) is 36.0. The molecular weight excluding hydrogens is 695 g/mol. The van der Waals surface area contributed by atoms with E-state index in [-0.39, 0.29) is 18.2 Å². The Balaban J connectivity index is 0.000000162. The van der Waals surface area contributed by atoms with E-state index in [1.807, 2.05) is 78.9 Å². The first-order chi connectivity index (χ1) is 25.3. The summed E-state index contributed by atoms with van der Waals surface area (Å²) in [6.45, 7) is 0. The number of aldehydes is 1. The summed E-state index contributed by atoms with van der Waals surface area (Å²) in [4.78, 5) is 35.2. The van der Waals surface area contributed by atoms with Crippen LogP contribution >= 0.6 is 23.2 Å². The van der Waals surface area contributed by atoms with E-state index in [1.54, 1.807) is 24.3 Å². The van der Waals surface area contributed by atoms with Crippen LogP contribution in [0.3, 0.4) is 0 Å². The van der Waals surface area contributed by atoms with Crippen molar-refractivity contribution < 1.29 is 14.4 Å². The standard InChI is InChI=1S/C21H19N3O2.C20H17Cl2N3O/c25-13-15-3-7-17(8-4-15)16-5-1-14(2-6-16)11-21(26)22-20-12-19(23-24-20)18-9-10-18;21-15-7-8-17(22)16(10-15)13-3-1-12(2-4-13)9-20(26)23-19-11-18(24-25-19)14-5-6-14/h1-8,12-13,18H,9-11H2,(H2,22,23,24,26);1-4,7-8,10-11,14H,5-6,9H2,(H2,23,24,25,26). The average molecular weight is 732 g/mol. The molecule has 2 aromatic heterocycles. The van der Waals surface area contributed by atoms with E-state index < -0.39 is 0 Å². The number of anilines is 2. The van der Waals surface area contributed by atoms with Gasteiger partial charge in [0.15, 0.2) is 11.6 Å². The number of rotatable bonds is 11. The maximum atomic E-state index is 12.2. The van der Waals surface area contributed by atoms with Crippen molar-refractivity contribution in [3.05, 3.63) is 141 Å². The topological polar surface area (TPSA) is 133 Å². The molecule has 0 unspecified atom stereocenters. The average Bonchev–Trinajstić information content (AvgIpc) is 4.10. The summed E-state index contributed by atoms with van der Waals surface area (Å²) in [6.07, 6.45) is 6.19. The quantitative estimate of drug-likeness (QED) is 0.0987. The second kappa shape index (κ2) is 15.8. The van der Waals surface area contributed by atoms with Crippen molar-refractivity contribution in [3.63, 3.8) is 0 Å². The zero-order valence-electron chi connectivity index (χ0n) is 28.2. The lowest BCUT2D eigenvalue weighted by molar-refractivity contribution is -0.116. The Morgan fingerprint density at radius 1 is 0.635 bits per heavy atom. The Morgan fingerprint density at radius 3 is 1.56 bits per heavy atom. The lowest BCUT2D eigenvalue weighted by Gasteiger charge is -2.07. The molecule has 2 saturated carbocycles. The Morgan fingerprint density at radius 2 is 1.10 bits per heavy atom. The molecule has 2 aliphatic rings. The predicted molar refractivity (Wildman–Crippen MR) is 205 cm³/mol. The number of benzene rings is 4. The van der Waals surface area contributed by atoms with Gasteiger partial charge in [-0.3, -0.25) is 24.6 Å². The van der Waals surface area contributed by atoms with E-state index in [9.17, 15) is 14.4 Å². The number of carbonyl (C=O) groups is 3. The van der Waals surface area contributed by atoms with E-state index in [0.717, 1.165) is 51.1 Å². The Bertz CT molecular complexity index is 2190. The number of hydrogen-bond acceptors (Lipinski definition) is 5. The molecule has 4 N–H and O–H groups in total. The minimum absolute atomic E-state index is 0.0815. The molecule has 0 aliphatic heterocycles. The third kappa shape index (κ3) is 9.23. The van der Waals surface area contributed by atoms with Crippen molar-refractivity contribution in [3.8, 4) is 22.3 Å². The van der Waals surface area contributed by atoms with Gasteiger partial charge >= 0.3 is 0 Å². The minimum atomic E-state index is -0.0904. The van der Waals surface area contributed by atoms with Gasteiger partial charge in [-0.05, 0) is 71.7 Å². The van der Waals surface area contributed by atoms with Crippen molar-refractivity contribution in [2.75, 3.05) is 10.6 Å². The first-order valence-electron chi connectivity index (χ1n) is 17.2. The van der Waals surface area contributed by atoms with Crippen LogP contribution in [0, 0.1) is 0 Å². The summed E-state index contributed by atoms with van der Waals surface area (Å²) < 4.78 is 0. The van der Waals surface area contributed by atoms with E-state index >= 15 is 0 Å². The molecule has 2 heterocycles. The fourth-order valence-corrected chi connectivity index (χ4v) is 6.24. The number of aromatic nitrogens is 4. The molecule has 4 aromatic carbocycles. The van der Waals surface area contributed by atoms with Gasteiger partial charge < -0.3 is 10.6 Å². The third-order valence-corrected chi connectivity index (χ3v) is 9.59. The Labute approximate surface area is 311 Å². The van der Waals surface area contributed by atoms with Gasteiger partial charge in [-0.15, -0.1) is 0 Å². The van der Waals surface area contributed by atoms with E-state index in [1.165, 1.54) is 25.7 Å². The molecular formula is C41H36Cl2N6O3. The van der Waals surface area contributed by atoms with Gasteiger partial charge in [0.1, 0.15) is 6.29 Å². The molecule has 2 aliphatic carbocycles. The summed E-state index contributed by atoms with van der Waals surface area (Å²) in [5.74, 6) is 2.16. The van der Waals surface area contributed by atoms with Gasteiger partial charge in [0.25, 0.3) is 0 Å². The molecule has 0 radical (unpaired) electrons. The molecule has 262 valence electrons. The number of H-pyrrole nitrogens is 2. The maximum absolute atomic E-state index is 12.2. The van der Waals surface area contributed by atoms with Gasteiger partial charge in [-0.2, -0.15) is 10.2 Å². The van der Waals surface area contributed by atoms with Crippen LogP contribution in [-0.2, 0) is 22.4 Å². The molecule has 0 bridgehead atoms. The fraction of sp³-hybridized carbons (Fsp3) is 0.195. The van der Waals surface area contributed by atoms with Crippen molar-refractivity contribution in [2.45, 2.75) is 50.4 Å². The number of aromatic amines is 2. The van der Waals surface area contributed by atoms with Crippen LogP contribution in [0.4, 0.5) is 11.6 Å². The van der Waals surface area contributed by atoms with Crippen molar-refractivity contribution in [1.29, 1.82) is 0 Å². The molecule has 11 heteroatoms. The van der Waals surface area contributed by atoms with Crippen LogP contribution < -0.4 is 10.6 Å². The third-order valence-electron chi connectivity index (χ3n) is 9.02. The first-order valence-corrected chi connectivity index (χ1v) is 17.9. The van der Waals surface area contributed by atoms with Crippen molar-refractivity contribution in [1.82, 2.24) is 20.4 Å². The SMILES string of the molecule is O=C(Cc1ccc(-c2cc(Cl)ccc2Cl)cc1)Nc1cc(C2CC2)[nH]n1.O=Cc1ccc(-c2ccc(CC(=O)Nc3cc(C4CC4)[nH]n3)cc2)cc1. The van der Waals surface area contributed by atoms with Crippen molar-refractivity contribution in [2.24, 2.45) is 0 Å². The zero-order valence-corrected chi connectivity index (χ0v) is 29.7. The van der Waals surface area contributed by atoms with Crippen LogP contribution in [0.2, 0.25) is 10.0 Å². The monoisotopic (exact) mass is 730 g/mol. The lowest BCUT2D eigenvalue weighted by atomic mass is 10.0. The van der Waals surface area contributed by atoms with Gasteiger partial charge in [0, 0.05) is 56.5 Å². The minimum Gasteiger partial charge on any atom is -0.309 e. The highest BCUT2D eigenvalue weighted by molar-refractivity contribution is 6.35. The van der Waals surface area contributed by atoms with E-state index in [0.29, 0.717) is 45.5 Å². The highest BCUT2D eigenvalue weighted by Crippen LogP contribution is 2.40. The molecule has 2 fully saturated rings. The van der Waals surface area contributed by atoms with Crippen molar-refractivity contribution >= 4 is 52.9 Å². The summed E-state index contributed by atoms with van der Waals surface area (Å²) in [5.41, 5.74) is 8.64. The van der Waals surface area contributed by atoms with Crippen LogP contribution in [0.1, 0.15) is 70.4 Å². The summed E-state index contributed by atoms with van der Waals surface area (Å²) in [6, 6.07) is 32.2. The number of nitrogens with zero attached hydrogens (tertiary/aromatic N) is 2. The van der Waals surface area contributed by atoms with Crippen LogP contribution in [0.25, 0.3) is 22.3 Å². The fourth-order valence-electron chi connectivity index (χ4n) is 5.84. The van der Waals surface area contributed by atoms with Crippen LogP contribution in [-0.4, -0.2) is 38.5 Å². The summed E-state index contributed by atoms with van der Waals surface area (Å²) >= 11 is 12.3. The molecule has 9 nitrogen and oxygen atoms in total. The molecule has 52 heavy (non-hydrogen) atoms. The molecule has 2 amide bonds. The largest absolute Gasteiger partial charge is 0.309 e. The van der Waals surface area contributed by atoms with Crippen LogP contribution in [0.15, 0.2) is 103 Å². The van der Waals surface area contributed by atoms with Gasteiger partial charge in [-0.1, -0.05) is 96.0 Å². The molecule has 0 atom stereocenters. The molecule has 0 spiro atoms. The lowest BCUT2D eigenvalue weighted by Crippen LogP contribution is -2.14. The summed E-state index contributed by atoms with van der Waals surface area (Å²) in [7, 11) is 0. The summed E-state index contributed by atoms with van der Waals surface area (Å²) in [5, 5.41) is 21.2. The Kier molecular flexibility index (Phi) is 10.6. The molecule has 0 saturated heterocycles. The maximum Gasteiger partial charge on any atom is 0.229 e. The van der Waals surface area contributed by atoms with Crippen LogP contribution in [0.5, 0.6) is 0 Å². The first kappa shape index (κ1) is 34.9. The molecule has 6 aromatic rings. The smallest absolute Gasteiger partial charge is 0.229 e. The van der Waals surface area contributed by atoms with Gasteiger partial charge in [0.05, 0.1) is 12.8 Å². The second-order valence-electron chi connectivity index (χ2n) is 13.2. The van der Waals surface area contributed by atoms with E-state index in [2.05, 4.69) is 31.0 Å². The number of carbonyl (C=O) groups excluding carboxylic acids is 3.